The van der Waals surface area contributed by atoms with Gasteiger partial charge in [0.1, 0.15) is 11.6 Å². The van der Waals surface area contributed by atoms with Gasteiger partial charge >= 0.3 is 0 Å². The highest BCUT2D eigenvalue weighted by Crippen LogP contribution is 2.14. The molecule has 8 nitrogen and oxygen atoms in total. The van der Waals surface area contributed by atoms with Gasteiger partial charge in [0.05, 0.1) is 6.54 Å². The van der Waals surface area contributed by atoms with Gasteiger partial charge in [-0.1, -0.05) is 6.42 Å². The summed E-state index contributed by atoms with van der Waals surface area (Å²) in [6.07, 6.45) is 6.73. The fraction of sp³-hybridized carbons (Fsp3) is 0.842. The molecule has 0 bridgehead atoms. The summed E-state index contributed by atoms with van der Waals surface area (Å²) in [7, 11) is 3.87. The van der Waals surface area contributed by atoms with Crippen LogP contribution in [-0.4, -0.2) is 79.1 Å². The fourth-order valence-electron chi connectivity index (χ4n) is 3.29. The highest BCUT2D eigenvalue weighted by Gasteiger charge is 2.14. The van der Waals surface area contributed by atoms with Crippen LogP contribution in [0.2, 0.25) is 0 Å². The quantitative estimate of drug-likeness (QED) is 0.206. The summed E-state index contributed by atoms with van der Waals surface area (Å²) in [5.41, 5.74) is 0. The summed E-state index contributed by atoms with van der Waals surface area (Å²) in [5, 5.41) is 15.5. The van der Waals surface area contributed by atoms with Gasteiger partial charge in [-0.3, -0.25) is 4.99 Å². The SMILES string of the molecule is CCNC(=NCCN(C)CCCOC)NCCc1nnc2n1CCCCC2.I. The number of nitrogens with one attached hydrogen (secondary N) is 2. The topological polar surface area (TPSA) is 79.6 Å². The molecule has 0 spiro atoms. The average Bonchev–Trinajstić information content (AvgIpc) is 2.88. The Bertz CT molecular complexity index is 564. The molecular formula is C19H38IN7O. The number of rotatable bonds is 11. The van der Waals surface area contributed by atoms with E-state index in [1.165, 1.54) is 19.3 Å². The van der Waals surface area contributed by atoms with E-state index in [1.807, 2.05) is 0 Å². The average molecular weight is 507 g/mol. The number of hydrogen-bond donors (Lipinski definition) is 2. The number of halogens is 1. The number of aliphatic imine (C=N–C) groups is 1. The van der Waals surface area contributed by atoms with Crippen molar-refractivity contribution in [3.63, 3.8) is 0 Å². The Hall–Kier alpha value is -0.940. The van der Waals surface area contributed by atoms with Gasteiger partial charge in [0.25, 0.3) is 0 Å². The number of ether oxygens (including phenoxy) is 1. The fourth-order valence-corrected chi connectivity index (χ4v) is 3.29. The summed E-state index contributed by atoms with van der Waals surface area (Å²) >= 11 is 0. The van der Waals surface area contributed by atoms with Crippen molar-refractivity contribution in [1.82, 2.24) is 30.3 Å². The summed E-state index contributed by atoms with van der Waals surface area (Å²) < 4.78 is 7.41. The summed E-state index contributed by atoms with van der Waals surface area (Å²) in [5.74, 6) is 3.12. The number of hydrogen-bond acceptors (Lipinski definition) is 5. The van der Waals surface area contributed by atoms with Crippen molar-refractivity contribution in [2.24, 2.45) is 4.99 Å². The van der Waals surface area contributed by atoms with E-state index in [-0.39, 0.29) is 24.0 Å². The molecule has 0 unspecified atom stereocenters. The monoisotopic (exact) mass is 507 g/mol. The normalized spacial score (nSPS) is 14.4. The van der Waals surface area contributed by atoms with Crippen molar-refractivity contribution in [1.29, 1.82) is 0 Å². The van der Waals surface area contributed by atoms with Crippen LogP contribution < -0.4 is 10.6 Å². The predicted octanol–water partition coefficient (Wildman–Crippen LogP) is 1.69. The molecule has 0 saturated carbocycles. The van der Waals surface area contributed by atoms with Gasteiger partial charge in [-0.15, -0.1) is 34.2 Å². The Kier molecular flexibility index (Phi) is 13.4. The van der Waals surface area contributed by atoms with Gasteiger partial charge in [-0.2, -0.15) is 0 Å². The second-order valence-corrected chi connectivity index (χ2v) is 7.08. The summed E-state index contributed by atoms with van der Waals surface area (Å²) in [6.45, 7) is 8.38. The van der Waals surface area contributed by atoms with Crippen LogP contribution in [0.15, 0.2) is 4.99 Å². The van der Waals surface area contributed by atoms with Gasteiger partial charge in [0, 0.05) is 59.3 Å². The molecule has 0 atom stereocenters. The number of aryl methyl sites for hydroxylation is 1. The van der Waals surface area contributed by atoms with E-state index in [2.05, 4.69) is 49.3 Å². The number of fused-ring (bicyclic) bond motifs is 1. The Morgan fingerprint density at radius 2 is 2.07 bits per heavy atom. The standard InChI is InChI=1S/C19H37N7O.HI/c1-4-20-19(22-12-15-25(2)13-8-16-27-3)21-11-10-18-24-23-17-9-6-5-7-14-26(17)18;/h4-16H2,1-3H3,(H2,20,21,22);1H. The Morgan fingerprint density at radius 3 is 2.86 bits per heavy atom. The van der Waals surface area contributed by atoms with Crippen LogP contribution in [0.3, 0.4) is 0 Å². The van der Waals surface area contributed by atoms with Gasteiger partial charge < -0.3 is 24.8 Å². The van der Waals surface area contributed by atoms with Gasteiger partial charge in [-0.25, -0.2) is 0 Å². The minimum absolute atomic E-state index is 0. The van der Waals surface area contributed by atoms with Crippen molar-refractivity contribution in [3.05, 3.63) is 11.6 Å². The van der Waals surface area contributed by atoms with Gasteiger partial charge in [-0.05, 0) is 33.2 Å². The minimum atomic E-state index is 0. The minimum Gasteiger partial charge on any atom is -0.385 e. The van der Waals surface area contributed by atoms with Crippen LogP contribution in [0.5, 0.6) is 0 Å². The predicted molar refractivity (Wildman–Crippen MR) is 125 cm³/mol. The van der Waals surface area contributed by atoms with E-state index < -0.39 is 0 Å². The van der Waals surface area contributed by atoms with Crippen LogP contribution >= 0.6 is 24.0 Å². The van der Waals surface area contributed by atoms with E-state index in [0.29, 0.717) is 0 Å². The first-order chi connectivity index (χ1) is 13.2. The number of nitrogens with zero attached hydrogens (tertiary/aromatic N) is 5. The lowest BCUT2D eigenvalue weighted by Crippen LogP contribution is -2.39. The molecule has 9 heteroatoms. The molecule has 2 heterocycles. The van der Waals surface area contributed by atoms with E-state index in [0.717, 1.165) is 82.7 Å². The highest BCUT2D eigenvalue weighted by molar-refractivity contribution is 14.0. The summed E-state index contributed by atoms with van der Waals surface area (Å²) in [4.78, 5) is 6.97. The third kappa shape index (κ3) is 9.04. The lowest BCUT2D eigenvalue weighted by molar-refractivity contribution is 0.180. The van der Waals surface area contributed by atoms with Crippen molar-refractivity contribution >= 4 is 29.9 Å². The van der Waals surface area contributed by atoms with Crippen LogP contribution in [0.4, 0.5) is 0 Å². The second-order valence-electron chi connectivity index (χ2n) is 7.08. The van der Waals surface area contributed by atoms with Crippen molar-refractivity contribution < 1.29 is 4.74 Å². The highest BCUT2D eigenvalue weighted by atomic mass is 127. The number of guanidine groups is 1. The molecule has 0 saturated heterocycles. The molecule has 162 valence electrons. The van der Waals surface area contributed by atoms with Crippen LogP contribution in [0, 0.1) is 0 Å². The first-order valence-corrected chi connectivity index (χ1v) is 10.3. The zero-order valence-corrected chi connectivity index (χ0v) is 20.1. The molecular weight excluding hydrogens is 469 g/mol. The zero-order chi connectivity index (χ0) is 19.3. The maximum absolute atomic E-state index is 5.10. The van der Waals surface area contributed by atoms with E-state index in [4.69, 9.17) is 4.74 Å². The number of methoxy groups -OCH3 is 1. The molecule has 1 aromatic rings. The smallest absolute Gasteiger partial charge is 0.191 e. The number of likely N-dealkylation sites (N-methyl/N-ethyl adjacent to an activating group) is 1. The molecule has 0 radical (unpaired) electrons. The first kappa shape index (κ1) is 25.1. The summed E-state index contributed by atoms with van der Waals surface area (Å²) in [6, 6.07) is 0. The third-order valence-corrected chi connectivity index (χ3v) is 4.81. The molecule has 1 aliphatic heterocycles. The van der Waals surface area contributed by atoms with Crippen molar-refractivity contribution in [2.75, 3.05) is 53.5 Å². The maximum atomic E-state index is 5.10. The molecule has 2 rings (SSSR count). The van der Waals surface area contributed by atoms with Crippen LogP contribution in [0.1, 0.15) is 44.3 Å². The molecule has 28 heavy (non-hydrogen) atoms. The van der Waals surface area contributed by atoms with Crippen molar-refractivity contribution in [2.45, 2.75) is 52.0 Å². The molecule has 2 N–H and O–H groups in total. The largest absolute Gasteiger partial charge is 0.385 e. The van der Waals surface area contributed by atoms with Crippen LogP contribution in [0.25, 0.3) is 0 Å². The molecule has 1 aromatic heterocycles. The zero-order valence-electron chi connectivity index (χ0n) is 17.7. The number of aromatic nitrogens is 3. The first-order valence-electron chi connectivity index (χ1n) is 10.3. The van der Waals surface area contributed by atoms with E-state index in [1.54, 1.807) is 7.11 Å². The third-order valence-electron chi connectivity index (χ3n) is 4.81. The molecule has 0 fully saturated rings. The van der Waals surface area contributed by atoms with Gasteiger partial charge in [0.2, 0.25) is 0 Å². The van der Waals surface area contributed by atoms with E-state index in [9.17, 15) is 0 Å². The van der Waals surface area contributed by atoms with Crippen molar-refractivity contribution in [3.8, 4) is 0 Å². The lowest BCUT2D eigenvalue weighted by atomic mass is 10.2. The Morgan fingerprint density at radius 1 is 1.21 bits per heavy atom. The molecule has 0 amide bonds. The van der Waals surface area contributed by atoms with Gasteiger partial charge in [0.15, 0.2) is 5.96 Å². The molecule has 1 aliphatic rings. The lowest BCUT2D eigenvalue weighted by Gasteiger charge is -2.16. The second kappa shape index (κ2) is 15.0. The molecule has 0 aromatic carbocycles. The van der Waals surface area contributed by atoms with Crippen LogP contribution in [-0.2, 0) is 24.1 Å². The maximum Gasteiger partial charge on any atom is 0.191 e. The Balaban J connectivity index is 0.00000392. The van der Waals surface area contributed by atoms with E-state index >= 15 is 0 Å². The Labute approximate surface area is 186 Å². The molecule has 0 aliphatic carbocycles.